The Morgan fingerprint density at radius 1 is 1.30 bits per heavy atom. The lowest BCUT2D eigenvalue weighted by molar-refractivity contribution is 0.0772. The van der Waals surface area contributed by atoms with Gasteiger partial charge < -0.3 is 14.3 Å². The van der Waals surface area contributed by atoms with E-state index >= 15 is 0 Å². The van der Waals surface area contributed by atoms with Gasteiger partial charge in [-0.3, -0.25) is 9.59 Å². The van der Waals surface area contributed by atoms with E-state index < -0.39 is 0 Å². The molecule has 2 aromatic heterocycles. The van der Waals surface area contributed by atoms with Crippen LogP contribution in [0.2, 0.25) is 0 Å². The number of hydrogen-bond donors (Lipinski definition) is 1. The van der Waals surface area contributed by atoms with Gasteiger partial charge in [0.05, 0.1) is 6.54 Å². The van der Waals surface area contributed by atoms with E-state index in [9.17, 15) is 9.59 Å². The minimum absolute atomic E-state index is 0.182. The van der Waals surface area contributed by atoms with Gasteiger partial charge in [-0.2, -0.15) is 0 Å². The number of aromatic nitrogens is 1. The smallest absolute Gasteiger partial charge is 0.261 e. The lowest BCUT2D eigenvalue weighted by atomic mass is 10.1. The molecule has 0 bridgehead atoms. The Hall–Kier alpha value is -2.30. The molecule has 0 saturated heterocycles. The molecule has 0 unspecified atom stereocenters. The van der Waals surface area contributed by atoms with E-state index in [2.05, 4.69) is 4.98 Å². The topological polar surface area (TPSA) is 66.3 Å². The summed E-state index contributed by atoms with van der Waals surface area (Å²) in [6, 6.07) is 5.46. The Morgan fingerprint density at radius 2 is 2.00 bits per heavy atom. The van der Waals surface area contributed by atoms with Gasteiger partial charge in [0, 0.05) is 12.7 Å². The molecule has 2 rings (SSSR count). The summed E-state index contributed by atoms with van der Waals surface area (Å²) in [5.41, 5.74) is 1.25. The predicted octanol–water partition coefficient (Wildman–Crippen LogP) is 2.17. The van der Waals surface area contributed by atoms with Gasteiger partial charge in [-0.15, -0.1) is 0 Å². The molecule has 0 aliphatic heterocycles. The van der Waals surface area contributed by atoms with Crippen molar-refractivity contribution in [1.82, 2.24) is 9.88 Å². The van der Waals surface area contributed by atoms with Crippen LogP contribution in [0.15, 0.2) is 27.4 Å². The van der Waals surface area contributed by atoms with Crippen molar-refractivity contribution in [2.75, 3.05) is 7.05 Å². The summed E-state index contributed by atoms with van der Waals surface area (Å²) in [4.78, 5) is 28.4. The van der Waals surface area contributed by atoms with Crippen LogP contribution in [0.5, 0.6) is 0 Å². The molecule has 0 atom stereocenters. The average molecular weight is 274 g/mol. The summed E-state index contributed by atoms with van der Waals surface area (Å²) in [5, 5.41) is 0. The molecule has 0 radical (unpaired) electrons. The lowest BCUT2D eigenvalue weighted by Crippen LogP contribution is -2.32. The van der Waals surface area contributed by atoms with Crippen LogP contribution >= 0.6 is 0 Å². The van der Waals surface area contributed by atoms with Crippen LogP contribution in [0.3, 0.4) is 0 Å². The quantitative estimate of drug-likeness (QED) is 0.932. The van der Waals surface area contributed by atoms with Crippen LogP contribution in [0.4, 0.5) is 0 Å². The van der Waals surface area contributed by atoms with Gasteiger partial charge in [0.2, 0.25) is 0 Å². The van der Waals surface area contributed by atoms with Gasteiger partial charge in [0.15, 0.2) is 0 Å². The second-order valence-electron chi connectivity index (χ2n) is 5.01. The number of aromatic amines is 1. The van der Waals surface area contributed by atoms with Crippen LogP contribution < -0.4 is 5.56 Å². The zero-order valence-electron chi connectivity index (χ0n) is 12.1. The number of aryl methyl sites for hydroxylation is 3. The number of rotatable bonds is 3. The van der Waals surface area contributed by atoms with Gasteiger partial charge in [-0.1, -0.05) is 0 Å². The van der Waals surface area contributed by atoms with Crippen molar-refractivity contribution in [1.29, 1.82) is 0 Å². The van der Waals surface area contributed by atoms with Crippen LogP contribution in [0.1, 0.15) is 33.1 Å². The van der Waals surface area contributed by atoms with E-state index in [1.165, 1.54) is 4.90 Å². The van der Waals surface area contributed by atoms with Crippen LogP contribution in [0.25, 0.3) is 0 Å². The Bertz CT molecular complexity index is 697. The summed E-state index contributed by atoms with van der Waals surface area (Å²) in [5.74, 6) is 1.18. The third-order valence-electron chi connectivity index (χ3n) is 3.11. The molecule has 1 N–H and O–H groups in total. The summed E-state index contributed by atoms with van der Waals surface area (Å²) >= 11 is 0. The van der Waals surface area contributed by atoms with E-state index in [-0.39, 0.29) is 17.0 Å². The summed E-state index contributed by atoms with van der Waals surface area (Å²) in [6.45, 7) is 5.73. The average Bonchev–Trinajstić information content (AvgIpc) is 2.73. The highest BCUT2D eigenvalue weighted by Gasteiger charge is 2.19. The Morgan fingerprint density at radius 3 is 2.55 bits per heavy atom. The number of amides is 1. The monoisotopic (exact) mass is 274 g/mol. The highest BCUT2D eigenvalue weighted by molar-refractivity contribution is 5.95. The minimum Gasteiger partial charge on any atom is -0.464 e. The van der Waals surface area contributed by atoms with Crippen molar-refractivity contribution in [3.8, 4) is 0 Å². The van der Waals surface area contributed by atoms with E-state index in [0.717, 1.165) is 11.5 Å². The van der Waals surface area contributed by atoms with Crippen molar-refractivity contribution in [2.45, 2.75) is 27.3 Å². The van der Waals surface area contributed by atoms with Crippen LogP contribution in [-0.2, 0) is 6.54 Å². The fourth-order valence-corrected chi connectivity index (χ4v) is 2.19. The van der Waals surface area contributed by atoms with Crippen molar-refractivity contribution >= 4 is 5.91 Å². The first-order valence-corrected chi connectivity index (χ1v) is 6.40. The molecule has 0 aliphatic rings. The molecule has 1 amide bonds. The van der Waals surface area contributed by atoms with Crippen LogP contribution in [-0.4, -0.2) is 22.8 Å². The predicted molar refractivity (Wildman–Crippen MR) is 75.8 cm³/mol. The van der Waals surface area contributed by atoms with Crippen molar-refractivity contribution in [3.05, 3.63) is 56.9 Å². The molecule has 5 nitrogen and oxygen atoms in total. The van der Waals surface area contributed by atoms with Crippen molar-refractivity contribution in [2.24, 2.45) is 0 Å². The van der Waals surface area contributed by atoms with E-state index in [1.54, 1.807) is 27.0 Å². The molecular formula is C15H18N2O3. The number of furan rings is 1. The molecule has 2 aromatic rings. The van der Waals surface area contributed by atoms with E-state index in [1.807, 2.05) is 19.1 Å². The highest BCUT2D eigenvalue weighted by Crippen LogP contribution is 2.12. The second-order valence-corrected chi connectivity index (χ2v) is 5.01. The molecule has 0 fully saturated rings. The van der Waals surface area contributed by atoms with E-state index in [0.29, 0.717) is 17.9 Å². The fourth-order valence-electron chi connectivity index (χ4n) is 2.19. The highest BCUT2D eigenvalue weighted by atomic mass is 16.3. The number of carbonyl (C=O) groups excluding carboxylic acids is 1. The third kappa shape index (κ3) is 2.82. The summed E-state index contributed by atoms with van der Waals surface area (Å²) in [7, 11) is 1.65. The number of nitrogens with zero attached hydrogens (tertiary/aromatic N) is 1. The first-order chi connectivity index (χ1) is 9.38. The second kappa shape index (κ2) is 5.36. The molecule has 20 heavy (non-hydrogen) atoms. The van der Waals surface area contributed by atoms with Crippen LogP contribution in [0, 0.1) is 20.8 Å². The maximum Gasteiger partial charge on any atom is 0.261 e. The van der Waals surface area contributed by atoms with Crippen molar-refractivity contribution < 1.29 is 9.21 Å². The minimum atomic E-state index is -0.352. The number of hydrogen-bond acceptors (Lipinski definition) is 3. The molecule has 0 saturated carbocycles. The first-order valence-electron chi connectivity index (χ1n) is 6.40. The Balaban J connectivity index is 2.25. The SMILES string of the molecule is Cc1cc(C)c(C(=O)N(C)Cc2ccc(C)o2)c(=O)[nH]1. The van der Waals surface area contributed by atoms with Crippen molar-refractivity contribution in [3.63, 3.8) is 0 Å². The molecular weight excluding hydrogens is 256 g/mol. The van der Waals surface area contributed by atoms with Gasteiger partial charge in [-0.25, -0.2) is 0 Å². The number of pyridine rings is 1. The zero-order chi connectivity index (χ0) is 14.9. The number of H-pyrrole nitrogens is 1. The zero-order valence-corrected chi connectivity index (χ0v) is 12.1. The number of carbonyl (C=O) groups is 1. The Kier molecular flexibility index (Phi) is 3.79. The first kappa shape index (κ1) is 14.1. The normalized spacial score (nSPS) is 10.6. The molecule has 5 heteroatoms. The largest absolute Gasteiger partial charge is 0.464 e. The van der Waals surface area contributed by atoms with Gasteiger partial charge in [-0.05, 0) is 44.5 Å². The maximum atomic E-state index is 12.4. The van der Waals surface area contributed by atoms with Gasteiger partial charge in [0.1, 0.15) is 17.1 Å². The summed E-state index contributed by atoms with van der Waals surface area (Å²) in [6.07, 6.45) is 0. The molecule has 0 aromatic carbocycles. The molecule has 106 valence electrons. The summed E-state index contributed by atoms with van der Waals surface area (Å²) < 4.78 is 5.44. The number of nitrogens with one attached hydrogen (secondary N) is 1. The van der Waals surface area contributed by atoms with Gasteiger partial charge >= 0.3 is 0 Å². The molecule has 0 spiro atoms. The Labute approximate surface area is 117 Å². The van der Waals surface area contributed by atoms with Gasteiger partial charge in [0.25, 0.3) is 11.5 Å². The van der Waals surface area contributed by atoms with E-state index in [4.69, 9.17) is 4.42 Å². The third-order valence-corrected chi connectivity index (χ3v) is 3.11. The standard InChI is InChI=1S/C15H18N2O3/c1-9-7-10(2)16-14(18)13(9)15(19)17(4)8-12-6-5-11(3)20-12/h5-7H,8H2,1-4H3,(H,16,18). The maximum absolute atomic E-state index is 12.4. The molecule has 2 heterocycles. The fraction of sp³-hybridized carbons (Fsp3) is 0.333. The lowest BCUT2D eigenvalue weighted by Gasteiger charge is -2.16. The molecule has 0 aliphatic carbocycles.